The Morgan fingerprint density at radius 3 is 2.08 bits per heavy atom. The van der Waals surface area contributed by atoms with Crippen LogP contribution in [0, 0.1) is 40.4 Å². The average Bonchev–Trinajstić information content (AvgIpc) is 3.26. The van der Waals surface area contributed by atoms with E-state index in [9.17, 15) is 4.79 Å². The standard InChI is InChI=1S/C33H43O3P/c1-32-20-11-10-12-23(32)17-18-26-27(32)19-21-33(2)28(26)22-29(30(33)31(34)36-3)37(35,24-13-6-4-7-14-24)25-15-8-5-9-16-25/h4-9,13-16,23,26-30H,10-12,17-22H2,1-3H3/t23?,26-,27+,28+,29-,30-,32+,33+/m1/s1. The van der Waals surface area contributed by atoms with Crippen LogP contribution in [-0.4, -0.2) is 18.7 Å². The Morgan fingerprint density at radius 1 is 0.811 bits per heavy atom. The first-order chi connectivity index (χ1) is 17.8. The molecule has 4 fully saturated rings. The quantitative estimate of drug-likeness (QED) is 0.318. The lowest BCUT2D eigenvalue weighted by Gasteiger charge is -2.60. The maximum atomic E-state index is 15.6. The van der Waals surface area contributed by atoms with Gasteiger partial charge in [0, 0.05) is 16.3 Å². The minimum absolute atomic E-state index is 0.155. The molecule has 0 aromatic heterocycles. The molecular weight excluding hydrogens is 475 g/mol. The first-order valence-corrected chi connectivity index (χ1v) is 16.4. The third kappa shape index (κ3) is 3.74. The van der Waals surface area contributed by atoms with Gasteiger partial charge in [-0.15, -0.1) is 0 Å². The van der Waals surface area contributed by atoms with Gasteiger partial charge < -0.3 is 9.30 Å². The maximum absolute atomic E-state index is 15.6. The van der Waals surface area contributed by atoms with Gasteiger partial charge in [-0.05, 0) is 79.4 Å². The fraction of sp³-hybridized carbons (Fsp3) is 0.606. The van der Waals surface area contributed by atoms with Crippen molar-refractivity contribution < 1.29 is 14.1 Å². The highest BCUT2D eigenvalue weighted by Crippen LogP contribution is 2.72. The van der Waals surface area contributed by atoms with Gasteiger partial charge in [-0.2, -0.15) is 0 Å². The second kappa shape index (κ2) is 9.41. The van der Waals surface area contributed by atoms with Crippen LogP contribution in [0.3, 0.4) is 0 Å². The summed E-state index contributed by atoms with van der Waals surface area (Å²) in [6, 6.07) is 20.0. The van der Waals surface area contributed by atoms with Crippen LogP contribution >= 0.6 is 7.14 Å². The van der Waals surface area contributed by atoms with Crippen LogP contribution in [0.4, 0.5) is 0 Å². The zero-order valence-electron chi connectivity index (χ0n) is 22.8. The lowest BCUT2D eigenvalue weighted by Crippen LogP contribution is -2.53. The average molecular weight is 519 g/mol. The summed E-state index contributed by atoms with van der Waals surface area (Å²) >= 11 is 0. The van der Waals surface area contributed by atoms with E-state index in [-0.39, 0.29) is 23.0 Å². The highest BCUT2D eigenvalue weighted by Gasteiger charge is 2.66. The van der Waals surface area contributed by atoms with Gasteiger partial charge in [0.25, 0.3) is 0 Å². The maximum Gasteiger partial charge on any atom is 0.310 e. The van der Waals surface area contributed by atoms with E-state index in [2.05, 4.69) is 13.8 Å². The molecular formula is C33H43O3P. The number of benzene rings is 2. The SMILES string of the molecule is COC(=O)[C@H]1[C@H](P(=O)(c2ccccc2)c2ccccc2)C[C@H]2[C@@H]3CCC4CCCC[C@]4(C)[C@H]3CC[C@@]21C. The molecule has 0 saturated heterocycles. The van der Waals surface area contributed by atoms with Crippen LogP contribution in [0.5, 0.6) is 0 Å². The molecule has 0 heterocycles. The van der Waals surface area contributed by atoms with Gasteiger partial charge in [-0.1, -0.05) is 87.4 Å². The lowest BCUT2D eigenvalue weighted by molar-refractivity contribution is -0.155. The molecule has 8 atom stereocenters. The zero-order valence-corrected chi connectivity index (χ0v) is 23.7. The first kappa shape index (κ1) is 25.4. The van der Waals surface area contributed by atoms with Crippen molar-refractivity contribution in [3.8, 4) is 0 Å². The van der Waals surface area contributed by atoms with Gasteiger partial charge in [0.05, 0.1) is 13.0 Å². The molecule has 37 heavy (non-hydrogen) atoms. The predicted octanol–water partition coefficient (Wildman–Crippen LogP) is 7.20. The van der Waals surface area contributed by atoms with E-state index in [1.54, 1.807) is 0 Å². The van der Waals surface area contributed by atoms with Gasteiger partial charge in [0.15, 0.2) is 0 Å². The summed E-state index contributed by atoms with van der Waals surface area (Å²) in [7, 11) is -1.58. The van der Waals surface area contributed by atoms with Crippen LogP contribution in [0.15, 0.2) is 60.7 Å². The van der Waals surface area contributed by atoms with Crippen LogP contribution in [0.1, 0.15) is 71.6 Å². The molecule has 0 aliphatic heterocycles. The van der Waals surface area contributed by atoms with Crippen molar-refractivity contribution in [2.24, 2.45) is 40.4 Å². The fourth-order valence-electron chi connectivity index (χ4n) is 10.1. The van der Waals surface area contributed by atoms with E-state index in [1.165, 1.54) is 52.1 Å². The Kier molecular flexibility index (Phi) is 6.46. The number of hydrogen-bond donors (Lipinski definition) is 0. The van der Waals surface area contributed by atoms with Gasteiger partial charge in [0.2, 0.25) is 0 Å². The van der Waals surface area contributed by atoms with E-state index in [1.807, 2.05) is 60.7 Å². The van der Waals surface area contributed by atoms with Gasteiger partial charge in [-0.3, -0.25) is 4.79 Å². The van der Waals surface area contributed by atoms with E-state index < -0.39 is 7.14 Å². The van der Waals surface area contributed by atoms with Crippen molar-refractivity contribution in [3.63, 3.8) is 0 Å². The second-order valence-corrected chi connectivity index (χ2v) is 16.1. The van der Waals surface area contributed by atoms with Gasteiger partial charge in [-0.25, -0.2) is 0 Å². The summed E-state index contributed by atoms with van der Waals surface area (Å²) < 4.78 is 21.1. The molecule has 4 heteroatoms. The van der Waals surface area contributed by atoms with Crippen molar-refractivity contribution in [3.05, 3.63) is 60.7 Å². The number of carbonyl (C=O) groups is 1. The van der Waals surface area contributed by atoms with Crippen LogP contribution < -0.4 is 10.6 Å². The number of fused-ring (bicyclic) bond motifs is 5. The zero-order chi connectivity index (χ0) is 25.8. The van der Waals surface area contributed by atoms with Crippen molar-refractivity contribution in [1.29, 1.82) is 0 Å². The van der Waals surface area contributed by atoms with Crippen molar-refractivity contribution in [2.75, 3.05) is 7.11 Å². The molecule has 0 amide bonds. The molecule has 0 bridgehead atoms. The topological polar surface area (TPSA) is 43.4 Å². The minimum atomic E-state index is -3.10. The third-order valence-electron chi connectivity index (χ3n) is 11.8. The molecule has 1 unspecified atom stereocenters. The number of carbonyl (C=O) groups excluding carboxylic acids is 1. The second-order valence-electron chi connectivity index (χ2n) is 13.1. The largest absolute Gasteiger partial charge is 0.469 e. The number of rotatable bonds is 4. The molecule has 4 aliphatic rings. The summed E-state index contributed by atoms with van der Waals surface area (Å²) in [6.07, 6.45) is 11.2. The summed E-state index contributed by atoms with van der Waals surface area (Å²) in [5.41, 5.74) is 0.0373. The molecule has 6 rings (SSSR count). The predicted molar refractivity (Wildman–Crippen MR) is 151 cm³/mol. The monoisotopic (exact) mass is 518 g/mol. The Labute approximate surface area is 223 Å². The lowest BCUT2D eigenvalue weighted by atomic mass is 9.45. The Morgan fingerprint density at radius 2 is 1.46 bits per heavy atom. The Balaban J connectivity index is 1.47. The summed E-state index contributed by atoms with van der Waals surface area (Å²) in [4.78, 5) is 13.7. The molecule has 2 aromatic rings. The van der Waals surface area contributed by atoms with Crippen molar-refractivity contribution >= 4 is 23.7 Å². The minimum Gasteiger partial charge on any atom is -0.469 e. The van der Waals surface area contributed by atoms with E-state index >= 15 is 4.57 Å². The summed E-state index contributed by atoms with van der Waals surface area (Å²) in [6.45, 7) is 4.95. The molecule has 0 radical (unpaired) electrons. The normalized spacial score (nSPS) is 39.2. The number of hydrogen-bond acceptors (Lipinski definition) is 3. The number of methoxy groups -OCH3 is 1. The highest BCUT2D eigenvalue weighted by molar-refractivity contribution is 7.79. The van der Waals surface area contributed by atoms with Crippen LogP contribution in [0.25, 0.3) is 0 Å². The molecule has 2 aromatic carbocycles. The Hall–Kier alpha value is -1.86. The number of esters is 1. The molecule has 0 spiro atoms. The first-order valence-electron chi connectivity index (χ1n) is 14.6. The smallest absolute Gasteiger partial charge is 0.310 e. The van der Waals surface area contributed by atoms with Crippen molar-refractivity contribution in [1.82, 2.24) is 0 Å². The van der Waals surface area contributed by atoms with E-state index in [0.29, 0.717) is 17.3 Å². The molecule has 4 aliphatic carbocycles. The summed E-state index contributed by atoms with van der Waals surface area (Å²) in [5, 5.41) is 1.75. The van der Waals surface area contributed by atoms with Crippen LogP contribution in [-0.2, 0) is 14.1 Å². The van der Waals surface area contributed by atoms with Crippen molar-refractivity contribution in [2.45, 2.75) is 77.3 Å². The van der Waals surface area contributed by atoms with E-state index in [4.69, 9.17) is 4.74 Å². The van der Waals surface area contributed by atoms with Gasteiger partial charge >= 0.3 is 5.97 Å². The molecule has 198 valence electrons. The van der Waals surface area contributed by atoms with E-state index in [0.717, 1.165) is 35.3 Å². The molecule has 0 N–H and O–H groups in total. The number of ether oxygens (including phenoxy) is 1. The summed E-state index contributed by atoms with van der Waals surface area (Å²) in [5.74, 6) is 2.13. The van der Waals surface area contributed by atoms with Crippen LogP contribution in [0.2, 0.25) is 0 Å². The fourth-order valence-corrected chi connectivity index (χ4v) is 13.8. The van der Waals surface area contributed by atoms with Gasteiger partial charge in [0.1, 0.15) is 7.14 Å². The Bertz CT molecular complexity index is 1140. The molecule has 4 saturated carbocycles. The molecule has 3 nitrogen and oxygen atoms in total. The third-order valence-corrected chi connectivity index (χ3v) is 15.4. The highest BCUT2D eigenvalue weighted by atomic mass is 31.2.